The van der Waals surface area contributed by atoms with Crippen molar-refractivity contribution in [2.24, 2.45) is 11.3 Å². The van der Waals surface area contributed by atoms with E-state index in [0.717, 1.165) is 48.3 Å². The van der Waals surface area contributed by atoms with Crippen LogP contribution in [0.4, 0.5) is 18.9 Å². The molecule has 1 spiro atoms. The van der Waals surface area contributed by atoms with Crippen LogP contribution in [0.3, 0.4) is 0 Å². The fourth-order valence-corrected chi connectivity index (χ4v) is 7.58. The molecule has 4 aliphatic rings. The summed E-state index contributed by atoms with van der Waals surface area (Å²) in [6.07, 6.45) is 5.00. The topological polar surface area (TPSA) is 77.6 Å². The fraction of sp³-hybridized carbons (Fsp3) is 0.432. The molecule has 2 aromatic carbocycles. The zero-order chi connectivity index (χ0) is 32.8. The second-order valence-corrected chi connectivity index (χ2v) is 13.8. The molecule has 7 nitrogen and oxygen atoms in total. The van der Waals surface area contributed by atoms with Crippen molar-refractivity contribution in [2.75, 3.05) is 44.2 Å². The Labute approximate surface area is 273 Å². The minimum atomic E-state index is -2.74. The van der Waals surface area contributed by atoms with Crippen molar-refractivity contribution in [2.45, 2.75) is 51.0 Å². The number of amides is 2. The van der Waals surface area contributed by atoms with Crippen LogP contribution in [0.25, 0.3) is 5.57 Å². The standard InChI is InChI=1S/C37H40F3N5O2/c1-24(25-2-4-26(5-3-25)33(27-6-8-31(38)9-7-27)30-17-36(18-30)22-42-23-36)43-34(46)29-16-32(21-41-20-29)44-12-14-45(15-13-44)35(47)28-10-11-37(39,40)19-28/h2-9,16,20-21,24,28,42H,10-15,17-19,22-23H2,1H3,(H,43,46)/t24-,28?/m1/s1. The van der Waals surface area contributed by atoms with Crippen LogP contribution in [0.15, 0.2) is 72.6 Å². The lowest BCUT2D eigenvalue weighted by Gasteiger charge is -2.52. The maximum absolute atomic E-state index is 13.7. The summed E-state index contributed by atoms with van der Waals surface area (Å²) in [6.45, 7) is 6.01. The number of benzene rings is 2. The van der Waals surface area contributed by atoms with Gasteiger partial charge < -0.3 is 20.4 Å². The largest absolute Gasteiger partial charge is 0.367 e. The third-order valence-corrected chi connectivity index (χ3v) is 10.4. The Kier molecular flexibility index (Phi) is 8.32. The molecule has 4 fully saturated rings. The van der Waals surface area contributed by atoms with Crippen molar-refractivity contribution < 1.29 is 22.8 Å². The predicted octanol–water partition coefficient (Wildman–Crippen LogP) is 5.98. The van der Waals surface area contributed by atoms with Crippen LogP contribution in [0.2, 0.25) is 0 Å². The van der Waals surface area contributed by atoms with Gasteiger partial charge in [-0.1, -0.05) is 42.0 Å². The van der Waals surface area contributed by atoms with Gasteiger partial charge in [0, 0.05) is 69.6 Å². The van der Waals surface area contributed by atoms with E-state index in [4.69, 9.17) is 0 Å². The van der Waals surface area contributed by atoms with Crippen LogP contribution in [0.1, 0.15) is 72.1 Å². The number of halogens is 3. The molecule has 10 heteroatoms. The third kappa shape index (κ3) is 6.52. The highest BCUT2D eigenvalue weighted by atomic mass is 19.3. The zero-order valence-corrected chi connectivity index (χ0v) is 26.6. The molecule has 3 aromatic rings. The Morgan fingerprint density at radius 3 is 2.19 bits per heavy atom. The average Bonchev–Trinajstić information content (AvgIpc) is 3.41. The van der Waals surface area contributed by atoms with Gasteiger partial charge in [0.1, 0.15) is 5.82 Å². The van der Waals surface area contributed by atoms with E-state index in [0.29, 0.717) is 37.2 Å². The summed E-state index contributed by atoms with van der Waals surface area (Å²) in [6, 6.07) is 16.5. The van der Waals surface area contributed by atoms with Crippen LogP contribution < -0.4 is 15.5 Å². The van der Waals surface area contributed by atoms with Crippen LogP contribution >= 0.6 is 0 Å². The summed E-state index contributed by atoms with van der Waals surface area (Å²) < 4.78 is 41.0. The third-order valence-electron chi connectivity index (χ3n) is 10.4. The molecule has 47 heavy (non-hydrogen) atoms. The minimum absolute atomic E-state index is 0.180. The lowest BCUT2D eigenvalue weighted by Crippen LogP contribution is -2.58. The lowest BCUT2D eigenvalue weighted by atomic mass is 9.60. The van der Waals surface area contributed by atoms with Gasteiger partial charge in [0.2, 0.25) is 11.8 Å². The van der Waals surface area contributed by atoms with Gasteiger partial charge in [-0.25, -0.2) is 13.2 Å². The Bertz CT molecular complexity index is 1670. The number of carbonyl (C=O) groups excluding carboxylic acids is 2. The molecule has 2 aliphatic carbocycles. The summed E-state index contributed by atoms with van der Waals surface area (Å²) in [5.74, 6) is -4.01. The lowest BCUT2D eigenvalue weighted by molar-refractivity contribution is -0.136. The molecule has 2 saturated carbocycles. The number of nitrogens with one attached hydrogen (secondary N) is 2. The first-order chi connectivity index (χ1) is 22.6. The number of piperazine rings is 1. The number of rotatable bonds is 7. The summed E-state index contributed by atoms with van der Waals surface area (Å²) in [7, 11) is 0. The molecule has 2 N–H and O–H groups in total. The van der Waals surface area contributed by atoms with Crippen molar-refractivity contribution in [1.82, 2.24) is 20.5 Å². The van der Waals surface area contributed by atoms with Crippen LogP contribution in [0.5, 0.6) is 0 Å². The van der Waals surface area contributed by atoms with E-state index in [1.54, 1.807) is 23.4 Å². The van der Waals surface area contributed by atoms with Crippen molar-refractivity contribution in [3.63, 3.8) is 0 Å². The number of hydrogen-bond donors (Lipinski definition) is 2. The van der Waals surface area contributed by atoms with Crippen LogP contribution in [0, 0.1) is 17.2 Å². The van der Waals surface area contributed by atoms with Crippen molar-refractivity contribution in [1.29, 1.82) is 0 Å². The quantitative estimate of drug-likeness (QED) is 0.331. The number of carbonyl (C=O) groups is 2. The van der Waals surface area contributed by atoms with E-state index >= 15 is 0 Å². The van der Waals surface area contributed by atoms with Crippen molar-refractivity contribution in [3.8, 4) is 0 Å². The molecular weight excluding hydrogens is 603 g/mol. The van der Waals surface area contributed by atoms with Gasteiger partial charge in [0.25, 0.3) is 5.91 Å². The smallest absolute Gasteiger partial charge is 0.253 e. The summed E-state index contributed by atoms with van der Waals surface area (Å²) in [5, 5.41) is 6.48. The molecule has 2 aliphatic heterocycles. The number of pyridine rings is 1. The second kappa shape index (κ2) is 12.4. The number of nitrogens with zero attached hydrogens (tertiary/aromatic N) is 3. The van der Waals surface area contributed by atoms with Crippen LogP contribution in [-0.2, 0) is 4.79 Å². The average molecular weight is 644 g/mol. The van der Waals surface area contributed by atoms with E-state index in [1.807, 2.05) is 31.2 Å². The Morgan fingerprint density at radius 1 is 0.936 bits per heavy atom. The molecule has 2 saturated heterocycles. The van der Waals surface area contributed by atoms with Gasteiger partial charge in [-0.05, 0) is 66.6 Å². The molecule has 2 amide bonds. The molecule has 7 rings (SSSR count). The molecule has 1 aromatic heterocycles. The molecule has 3 heterocycles. The normalized spacial score (nSPS) is 22.0. The molecule has 1 unspecified atom stereocenters. The van der Waals surface area contributed by atoms with Gasteiger partial charge in [0.05, 0.1) is 23.5 Å². The SMILES string of the molecule is C[C@@H](NC(=O)c1cncc(N2CCN(C(=O)C3CCC(F)(F)C3)CC2)c1)c1ccc(C(=C2CC3(CNC3)C2)c2ccc(F)cc2)cc1. The Balaban J connectivity index is 0.980. The number of aromatic nitrogens is 1. The Hall–Kier alpha value is -4.18. The number of hydrogen-bond acceptors (Lipinski definition) is 5. The van der Waals surface area contributed by atoms with E-state index in [1.165, 1.54) is 23.3 Å². The summed E-state index contributed by atoms with van der Waals surface area (Å²) in [5.41, 5.74) is 7.20. The highest BCUT2D eigenvalue weighted by Gasteiger charge is 2.46. The number of alkyl halides is 2. The highest BCUT2D eigenvalue weighted by molar-refractivity contribution is 5.95. The molecule has 246 valence electrons. The number of allylic oxidation sites excluding steroid dienone is 1. The van der Waals surface area contributed by atoms with Gasteiger partial charge in [-0.15, -0.1) is 0 Å². The minimum Gasteiger partial charge on any atom is -0.367 e. The van der Waals surface area contributed by atoms with Crippen LogP contribution in [-0.4, -0.2) is 66.9 Å². The first-order valence-corrected chi connectivity index (χ1v) is 16.5. The highest BCUT2D eigenvalue weighted by Crippen LogP contribution is 2.51. The van der Waals surface area contributed by atoms with E-state index in [2.05, 4.69) is 32.7 Å². The molecule has 0 bridgehead atoms. The Morgan fingerprint density at radius 2 is 1.60 bits per heavy atom. The maximum Gasteiger partial charge on any atom is 0.253 e. The summed E-state index contributed by atoms with van der Waals surface area (Å²) in [4.78, 5) is 34.2. The molecule has 2 atom stereocenters. The van der Waals surface area contributed by atoms with E-state index < -0.39 is 11.8 Å². The van der Waals surface area contributed by atoms with Gasteiger partial charge in [-0.3, -0.25) is 14.6 Å². The number of anilines is 1. The first kappa shape index (κ1) is 31.4. The monoisotopic (exact) mass is 643 g/mol. The van der Waals surface area contributed by atoms with Crippen molar-refractivity contribution >= 4 is 23.1 Å². The molecule has 0 radical (unpaired) electrons. The van der Waals surface area contributed by atoms with Crippen molar-refractivity contribution in [3.05, 3.63) is 101 Å². The van der Waals surface area contributed by atoms with Gasteiger partial charge in [-0.2, -0.15) is 0 Å². The fourth-order valence-electron chi connectivity index (χ4n) is 7.58. The second-order valence-electron chi connectivity index (χ2n) is 13.8. The zero-order valence-electron chi connectivity index (χ0n) is 26.6. The maximum atomic E-state index is 13.7. The van der Waals surface area contributed by atoms with Gasteiger partial charge >= 0.3 is 0 Å². The van der Waals surface area contributed by atoms with E-state index in [9.17, 15) is 22.8 Å². The van der Waals surface area contributed by atoms with E-state index in [-0.39, 0.29) is 42.9 Å². The predicted molar refractivity (Wildman–Crippen MR) is 175 cm³/mol. The van der Waals surface area contributed by atoms with Gasteiger partial charge in [0.15, 0.2) is 0 Å². The summed E-state index contributed by atoms with van der Waals surface area (Å²) >= 11 is 0. The first-order valence-electron chi connectivity index (χ1n) is 16.5. The molecular formula is C37H40F3N5O2.